The molecule has 0 bridgehead atoms. The van der Waals surface area contributed by atoms with Gasteiger partial charge in [0.05, 0.1) is 5.56 Å². The standard InChI is InChI=1S/C13H13FN2O2/c1-9(17)11-4-3-10(7-12(11)14)18-8-13-15-5-6-16(13)2/h3-7H,8H2,1-2H3. The molecule has 1 heterocycles. The number of carbonyl (C=O) groups excluding carboxylic acids is 1. The molecule has 0 aliphatic rings. The van der Waals surface area contributed by atoms with Gasteiger partial charge in [-0.2, -0.15) is 0 Å². The lowest BCUT2D eigenvalue weighted by molar-refractivity contribution is 0.101. The average molecular weight is 248 g/mol. The summed E-state index contributed by atoms with van der Waals surface area (Å²) < 4.78 is 20.8. The molecule has 0 aliphatic carbocycles. The number of hydrogen-bond acceptors (Lipinski definition) is 3. The smallest absolute Gasteiger partial charge is 0.162 e. The van der Waals surface area contributed by atoms with Crippen molar-refractivity contribution in [3.63, 3.8) is 0 Å². The SMILES string of the molecule is CC(=O)c1ccc(OCc2nccn2C)cc1F. The number of benzene rings is 1. The van der Waals surface area contributed by atoms with Crippen molar-refractivity contribution in [2.45, 2.75) is 13.5 Å². The van der Waals surface area contributed by atoms with Crippen LogP contribution in [0.4, 0.5) is 4.39 Å². The maximum Gasteiger partial charge on any atom is 0.162 e. The number of Topliss-reactive ketones (excluding diaryl/α,β-unsaturated/α-hetero) is 1. The van der Waals surface area contributed by atoms with Gasteiger partial charge in [-0.1, -0.05) is 0 Å². The minimum absolute atomic E-state index is 0.0688. The fourth-order valence-electron chi connectivity index (χ4n) is 1.55. The first-order valence-corrected chi connectivity index (χ1v) is 5.47. The first kappa shape index (κ1) is 12.3. The second-order valence-corrected chi connectivity index (χ2v) is 3.94. The van der Waals surface area contributed by atoms with E-state index in [-0.39, 0.29) is 18.0 Å². The van der Waals surface area contributed by atoms with Crippen molar-refractivity contribution >= 4 is 5.78 Å². The molecule has 1 aromatic heterocycles. The zero-order valence-corrected chi connectivity index (χ0v) is 10.2. The number of rotatable bonds is 4. The van der Waals surface area contributed by atoms with Gasteiger partial charge in [0.2, 0.25) is 0 Å². The summed E-state index contributed by atoms with van der Waals surface area (Å²) in [4.78, 5) is 15.2. The molecule has 0 amide bonds. The zero-order chi connectivity index (χ0) is 13.1. The van der Waals surface area contributed by atoms with Gasteiger partial charge in [-0.25, -0.2) is 9.37 Å². The molecule has 0 unspecified atom stereocenters. The number of aromatic nitrogens is 2. The molecule has 0 fully saturated rings. The number of aryl methyl sites for hydroxylation is 1. The van der Waals surface area contributed by atoms with Gasteiger partial charge in [0, 0.05) is 25.5 Å². The molecule has 18 heavy (non-hydrogen) atoms. The minimum Gasteiger partial charge on any atom is -0.486 e. The van der Waals surface area contributed by atoms with Gasteiger partial charge in [0.1, 0.15) is 24.0 Å². The van der Waals surface area contributed by atoms with Gasteiger partial charge in [-0.15, -0.1) is 0 Å². The first-order valence-electron chi connectivity index (χ1n) is 5.47. The fraction of sp³-hybridized carbons (Fsp3) is 0.231. The second kappa shape index (κ2) is 5.00. The van der Waals surface area contributed by atoms with Crippen molar-refractivity contribution in [2.24, 2.45) is 7.05 Å². The van der Waals surface area contributed by atoms with Crippen molar-refractivity contribution in [3.8, 4) is 5.75 Å². The molecule has 5 heteroatoms. The Morgan fingerprint density at radius 1 is 1.50 bits per heavy atom. The van der Waals surface area contributed by atoms with Crippen LogP contribution < -0.4 is 4.74 Å². The Kier molecular flexibility index (Phi) is 3.41. The Balaban J connectivity index is 2.09. The number of carbonyl (C=O) groups is 1. The summed E-state index contributed by atoms with van der Waals surface area (Å²) in [6, 6.07) is 4.20. The number of hydrogen-bond donors (Lipinski definition) is 0. The van der Waals surface area contributed by atoms with Crippen LogP contribution in [0.1, 0.15) is 23.1 Å². The van der Waals surface area contributed by atoms with Crippen LogP contribution in [0.5, 0.6) is 5.75 Å². The summed E-state index contributed by atoms with van der Waals surface area (Å²) in [6.07, 6.45) is 3.47. The minimum atomic E-state index is -0.570. The van der Waals surface area contributed by atoms with Crippen LogP contribution in [0.15, 0.2) is 30.6 Å². The van der Waals surface area contributed by atoms with Crippen molar-refractivity contribution in [1.29, 1.82) is 0 Å². The van der Waals surface area contributed by atoms with Crippen molar-refractivity contribution in [3.05, 3.63) is 47.8 Å². The van der Waals surface area contributed by atoms with E-state index in [2.05, 4.69) is 4.98 Å². The Hall–Kier alpha value is -2.17. The first-order chi connectivity index (χ1) is 8.58. The lowest BCUT2D eigenvalue weighted by Crippen LogP contribution is -2.04. The van der Waals surface area contributed by atoms with Crippen LogP contribution in [0.3, 0.4) is 0 Å². The number of imidazole rings is 1. The molecule has 1 aromatic carbocycles. The molecule has 0 radical (unpaired) electrons. The lowest BCUT2D eigenvalue weighted by Gasteiger charge is -2.07. The summed E-state index contributed by atoms with van der Waals surface area (Å²) in [5.74, 6) is 0.245. The van der Waals surface area contributed by atoms with E-state index < -0.39 is 5.82 Å². The highest BCUT2D eigenvalue weighted by Gasteiger charge is 2.08. The number of halogens is 1. The van der Waals surface area contributed by atoms with E-state index in [0.29, 0.717) is 5.75 Å². The normalized spacial score (nSPS) is 10.4. The Morgan fingerprint density at radius 3 is 2.83 bits per heavy atom. The van der Waals surface area contributed by atoms with E-state index in [9.17, 15) is 9.18 Å². The molecule has 0 saturated carbocycles. The average Bonchev–Trinajstić information content (AvgIpc) is 2.72. The summed E-state index contributed by atoms with van der Waals surface area (Å²) >= 11 is 0. The molecule has 4 nitrogen and oxygen atoms in total. The molecule has 94 valence electrons. The van der Waals surface area contributed by atoms with Gasteiger partial charge in [0.25, 0.3) is 0 Å². The van der Waals surface area contributed by atoms with Crippen molar-refractivity contribution in [1.82, 2.24) is 9.55 Å². The van der Waals surface area contributed by atoms with Crippen LogP contribution >= 0.6 is 0 Å². The summed E-state index contributed by atoms with van der Waals surface area (Å²) in [7, 11) is 1.85. The van der Waals surface area contributed by atoms with Crippen LogP contribution in [-0.2, 0) is 13.7 Å². The summed E-state index contributed by atoms with van der Waals surface area (Å²) in [6.45, 7) is 1.58. The van der Waals surface area contributed by atoms with Crippen molar-refractivity contribution < 1.29 is 13.9 Å². The van der Waals surface area contributed by atoms with Crippen LogP contribution in [0, 0.1) is 5.82 Å². The monoisotopic (exact) mass is 248 g/mol. The second-order valence-electron chi connectivity index (χ2n) is 3.94. The van der Waals surface area contributed by atoms with Gasteiger partial charge in [0.15, 0.2) is 5.78 Å². The quantitative estimate of drug-likeness (QED) is 0.780. The maximum atomic E-state index is 13.5. The van der Waals surface area contributed by atoms with Crippen molar-refractivity contribution in [2.75, 3.05) is 0 Å². The van der Waals surface area contributed by atoms with Gasteiger partial charge >= 0.3 is 0 Å². The van der Waals surface area contributed by atoms with E-state index in [4.69, 9.17) is 4.74 Å². The molecule has 0 saturated heterocycles. The van der Waals surface area contributed by atoms with Gasteiger partial charge < -0.3 is 9.30 Å². The third-order valence-electron chi connectivity index (χ3n) is 2.61. The van der Waals surface area contributed by atoms with Gasteiger partial charge in [-0.05, 0) is 19.1 Å². The fourth-order valence-corrected chi connectivity index (χ4v) is 1.55. The zero-order valence-electron chi connectivity index (χ0n) is 10.2. The van der Waals surface area contributed by atoms with E-state index in [1.165, 1.54) is 19.1 Å². The third-order valence-corrected chi connectivity index (χ3v) is 2.61. The molecule has 0 N–H and O–H groups in total. The molecular weight excluding hydrogens is 235 g/mol. The predicted octanol–water partition coefficient (Wildman–Crippen LogP) is 2.34. The molecular formula is C13H13FN2O2. The van der Waals surface area contributed by atoms with E-state index in [1.54, 1.807) is 18.5 Å². The summed E-state index contributed by atoms with van der Waals surface area (Å²) in [5, 5.41) is 0. The Bertz CT molecular complexity index is 578. The number of ketones is 1. The highest BCUT2D eigenvalue weighted by atomic mass is 19.1. The highest BCUT2D eigenvalue weighted by molar-refractivity contribution is 5.94. The third kappa shape index (κ3) is 2.56. The van der Waals surface area contributed by atoms with Crippen LogP contribution in [0.25, 0.3) is 0 Å². The maximum absolute atomic E-state index is 13.5. The Labute approximate surface area is 104 Å². The van der Waals surface area contributed by atoms with E-state index in [0.717, 1.165) is 5.82 Å². The molecule has 0 atom stereocenters. The lowest BCUT2D eigenvalue weighted by atomic mass is 10.1. The van der Waals surface area contributed by atoms with E-state index in [1.807, 2.05) is 11.6 Å². The van der Waals surface area contributed by atoms with Crippen LogP contribution in [-0.4, -0.2) is 15.3 Å². The van der Waals surface area contributed by atoms with E-state index >= 15 is 0 Å². The largest absolute Gasteiger partial charge is 0.486 e. The number of ether oxygens (including phenoxy) is 1. The topological polar surface area (TPSA) is 44.1 Å². The molecule has 2 rings (SSSR count). The highest BCUT2D eigenvalue weighted by Crippen LogP contribution is 2.18. The summed E-state index contributed by atoms with van der Waals surface area (Å²) in [5.41, 5.74) is 0.0688. The molecule has 2 aromatic rings. The molecule has 0 spiro atoms. The molecule has 0 aliphatic heterocycles. The predicted molar refractivity (Wildman–Crippen MR) is 63.9 cm³/mol. The van der Waals surface area contributed by atoms with Crippen LogP contribution in [0.2, 0.25) is 0 Å². The number of nitrogens with zero attached hydrogens (tertiary/aromatic N) is 2. The van der Waals surface area contributed by atoms with Gasteiger partial charge in [-0.3, -0.25) is 4.79 Å². The Morgan fingerprint density at radius 2 is 2.28 bits per heavy atom.